The van der Waals surface area contributed by atoms with Gasteiger partial charge in [0.25, 0.3) is 0 Å². The van der Waals surface area contributed by atoms with Gasteiger partial charge in [0, 0.05) is 9.79 Å². The predicted molar refractivity (Wildman–Crippen MR) is 67.3 cm³/mol. The van der Waals surface area contributed by atoms with E-state index in [0.29, 0.717) is 0 Å². The third-order valence-corrected chi connectivity index (χ3v) is 3.78. The summed E-state index contributed by atoms with van der Waals surface area (Å²) in [6.07, 6.45) is 1.08. The van der Waals surface area contributed by atoms with Crippen molar-refractivity contribution in [3.8, 4) is 0 Å². The third-order valence-electron chi connectivity index (χ3n) is 2.55. The summed E-state index contributed by atoms with van der Waals surface area (Å²) in [5.74, 6) is 0. The quantitative estimate of drug-likeness (QED) is 0.582. The molecule has 0 aliphatic carbocycles. The van der Waals surface area contributed by atoms with Crippen molar-refractivity contribution in [2.24, 2.45) is 0 Å². The maximum absolute atomic E-state index is 2.22. The molecule has 1 heterocycles. The lowest BCUT2D eigenvalue weighted by Crippen LogP contribution is -1.98. The average molecular weight is 258 g/mol. The molecule has 0 spiro atoms. The van der Waals surface area contributed by atoms with Gasteiger partial charge in [-0.05, 0) is 29.7 Å². The molecule has 0 N–H and O–H groups in total. The molecular formula is C13H13F3S. The van der Waals surface area contributed by atoms with Gasteiger partial charge < -0.3 is 0 Å². The van der Waals surface area contributed by atoms with Gasteiger partial charge in [-0.2, -0.15) is 0 Å². The Kier molecular flexibility index (Phi) is 5.82. The summed E-state index contributed by atoms with van der Waals surface area (Å²) < 4.78 is 0. The molecule has 1 aliphatic rings. The molecule has 0 nitrogen and oxygen atoms in total. The Morgan fingerprint density at radius 2 is 1.06 bits per heavy atom. The molecule has 0 atom stereocenters. The van der Waals surface area contributed by atoms with E-state index in [0.717, 1.165) is 6.42 Å². The fraction of sp³-hybridized carbons (Fsp3) is 0.0769. The number of halogens is 3. The smallest absolute Gasteiger partial charge is 0.0157 e. The lowest BCUT2D eigenvalue weighted by atomic mass is 10.0. The second kappa shape index (κ2) is 6.35. The van der Waals surface area contributed by atoms with E-state index in [1.807, 2.05) is 11.8 Å². The number of benzene rings is 2. The van der Waals surface area contributed by atoms with Gasteiger partial charge in [-0.15, -0.1) is 0 Å². The van der Waals surface area contributed by atoms with Crippen LogP contribution in [0.2, 0.25) is 0 Å². The van der Waals surface area contributed by atoms with Crippen LogP contribution >= 0.6 is 11.8 Å². The Morgan fingerprint density at radius 3 is 1.53 bits per heavy atom. The van der Waals surface area contributed by atoms with Gasteiger partial charge in [0.1, 0.15) is 0 Å². The molecule has 0 aromatic heterocycles. The first kappa shape index (κ1) is 15.6. The molecule has 2 aromatic rings. The second-order valence-corrected chi connectivity index (χ2v) is 4.58. The van der Waals surface area contributed by atoms with Crippen molar-refractivity contribution in [3.63, 3.8) is 0 Å². The Hall–Kier alpha value is -1.42. The van der Waals surface area contributed by atoms with Gasteiger partial charge in [-0.25, -0.2) is 0 Å². The highest BCUT2D eigenvalue weighted by atomic mass is 32.2. The minimum Gasteiger partial charge on any atom is -0.269 e. The SMILES string of the molecule is F.F.F.c1ccc2c(c1)Cc1ccccc1S2. The molecule has 0 unspecified atom stereocenters. The van der Waals surface area contributed by atoms with Crippen LogP contribution in [0.15, 0.2) is 58.3 Å². The molecule has 0 amide bonds. The topological polar surface area (TPSA) is 0 Å². The van der Waals surface area contributed by atoms with Crippen molar-refractivity contribution in [1.29, 1.82) is 0 Å². The van der Waals surface area contributed by atoms with Crippen molar-refractivity contribution in [2.45, 2.75) is 16.2 Å². The van der Waals surface area contributed by atoms with Crippen molar-refractivity contribution < 1.29 is 14.1 Å². The van der Waals surface area contributed by atoms with Crippen LogP contribution in [0.1, 0.15) is 11.1 Å². The fourth-order valence-corrected chi connectivity index (χ4v) is 2.90. The summed E-state index contributed by atoms with van der Waals surface area (Å²) in [4.78, 5) is 2.82. The Morgan fingerprint density at radius 1 is 0.647 bits per heavy atom. The number of fused-ring (bicyclic) bond motifs is 2. The van der Waals surface area contributed by atoms with Crippen LogP contribution in [-0.4, -0.2) is 0 Å². The van der Waals surface area contributed by atoms with E-state index < -0.39 is 0 Å². The standard InChI is InChI=1S/C13H10S.3FH/c1-3-7-12-10(5-1)9-11-6-2-4-8-13(11)14-12;;;/h1-8H,9H2;3*1H. The van der Waals surface area contributed by atoms with Crippen molar-refractivity contribution in [1.82, 2.24) is 0 Å². The van der Waals surface area contributed by atoms with Crippen LogP contribution in [0.5, 0.6) is 0 Å². The van der Waals surface area contributed by atoms with Crippen molar-refractivity contribution >= 4 is 11.8 Å². The molecule has 0 saturated carbocycles. The molecule has 4 heteroatoms. The fourth-order valence-electron chi connectivity index (χ4n) is 1.82. The van der Waals surface area contributed by atoms with E-state index in [1.54, 1.807) is 0 Å². The normalized spacial score (nSPS) is 10.8. The molecule has 3 rings (SSSR count). The molecule has 1 aliphatic heterocycles. The molecule has 2 aromatic carbocycles. The average Bonchev–Trinajstić information content (AvgIpc) is 2.26. The summed E-state index contributed by atoms with van der Waals surface area (Å²) >= 11 is 1.88. The lowest BCUT2D eigenvalue weighted by molar-refractivity contribution is 1.06. The first-order valence-electron chi connectivity index (χ1n) is 4.77. The summed E-state index contributed by atoms with van der Waals surface area (Å²) in [5.41, 5.74) is 2.91. The monoisotopic (exact) mass is 258 g/mol. The first-order chi connectivity index (χ1) is 6.93. The first-order valence-corrected chi connectivity index (χ1v) is 5.59. The molecular weight excluding hydrogens is 245 g/mol. The highest BCUT2D eigenvalue weighted by molar-refractivity contribution is 7.99. The molecule has 0 saturated heterocycles. The number of hydrogen-bond acceptors (Lipinski definition) is 1. The van der Waals surface area contributed by atoms with E-state index in [4.69, 9.17) is 0 Å². The number of hydrogen-bond donors (Lipinski definition) is 0. The Labute approximate surface area is 102 Å². The summed E-state index contributed by atoms with van der Waals surface area (Å²) in [6, 6.07) is 17.3. The Bertz CT molecular complexity index is 398. The maximum atomic E-state index is 2.22. The minimum atomic E-state index is 0. The number of rotatable bonds is 0. The highest BCUT2D eigenvalue weighted by Gasteiger charge is 2.13. The van der Waals surface area contributed by atoms with Crippen LogP contribution in [0, 0.1) is 0 Å². The summed E-state index contributed by atoms with van der Waals surface area (Å²) in [6.45, 7) is 0. The van der Waals surface area contributed by atoms with Gasteiger partial charge in [-0.3, -0.25) is 14.1 Å². The van der Waals surface area contributed by atoms with E-state index in [9.17, 15) is 0 Å². The summed E-state index contributed by atoms with van der Waals surface area (Å²) in [5, 5.41) is 0. The molecule has 0 fully saturated rings. The van der Waals surface area contributed by atoms with E-state index in [2.05, 4.69) is 48.5 Å². The molecule has 17 heavy (non-hydrogen) atoms. The van der Waals surface area contributed by atoms with Crippen molar-refractivity contribution in [2.75, 3.05) is 0 Å². The van der Waals surface area contributed by atoms with Gasteiger partial charge >= 0.3 is 0 Å². The van der Waals surface area contributed by atoms with Gasteiger partial charge in [0.15, 0.2) is 0 Å². The van der Waals surface area contributed by atoms with E-state index in [1.165, 1.54) is 20.9 Å². The van der Waals surface area contributed by atoms with Crippen LogP contribution < -0.4 is 0 Å². The second-order valence-electron chi connectivity index (χ2n) is 3.49. The molecule has 0 bridgehead atoms. The van der Waals surface area contributed by atoms with Crippen LogP contribution in [0.3, 0.4) is 0 Å². The van der Waals surface area contributed by atoms with Gasteiger partial charge in [0.2, 0.25) is 0 Å². The largest absolute Gasteiger partial charge is 0.269 e. The van der Waals surface area contributed by atoms with E-state index >= 15 is 0 Å². The van der Waals surface area contributed by atoms with Crippen molar-refractivity contribution in [3.05, 3.63) is 59.7 Å². The van der Waals surface area contributed by atoms with Gasteiger partial charge in [0.05, 0.1) is 0 Å². The zero-order valence-corrected chi connectivity index (χ0v) is 9.78. The molecule has 92 valence electrons. The third kappa shape index (κ3) is 2.82. The zero-order valence-electron chi connectivity index (χ0n) is 8.96. The Balaban J connectivity index is 0.000000853. The van der Waals surface area contributed by atoms with E-state index in [-0.39, 0.29) is 14.1 Å². The highest BCUT2D eigenvalue weighted by Crippen LogP contribution is 2.38. The van der Waals surface area contributed by atoms with Crippen LogP contribution in [0.4, 0.5) is 14.1 Å². The summed E-state index contributed by atoms with van der Waals surface area (Å²) in [7, 11) is 0. The lowest BCUT2D eigenvalue weighted by Gasteiger charge is -2.17. The zero-order chi connectivity index (χ0) is 9.38. The van der Waals surface area contributed by atoms with Crippen LogP contribution in [-0.2, 0) is 6.42 Å². The minimum absolute atomic E-state index is 0. The van der Waals surface area contributed by atoms with Crippen LogP contribution in [0.25, 0.3) is 0 Å². The maximum Gasteiger partial charge on any atom is 0.0157 e. The predicted octanol–water partition coefficient (Wildman–Crippen LogP) is 4.20. The van der Waals surface area contributed by atoms with Gasteiger partial charge in [-0.1, -0.05) is 48.2 Å². The molecule has 0 radical (unpaired) electrons.